The van der Waals surface area contributed by atoms with E-state index < -0.39 is 5.60 Å². The molecule has 0 unspecified atom stereocenters. The number of ether oxygens (including phenoxy) is 2. The standard InChI is InChI=1S/C40H48N8O4/c1-40(2,3)52-39(50)48-30-9-7-29(8-10-30)47-36-32-17-27(6-11-34(32)43-24-35(36)42-20-25-12-15-51-16-13-25)33-23-45-37-31(33)18-28(22-44-37)38(49)46-21-26-5-4-14-41-19-26/h4-6,11,14,17-19,22-25,29-30,42H,7-10,12-13,15-16,20-21H2,1-3H3,(H,43,47)(H,44,45)(H,46,49)(H,48,50)/t29-,30-. The van der Waals surface area contributed by atoms with Crippen LogP contribution in [0.25, 0.3) is 33.1 Å². The summed E-state index contributed by atoms with van der Waals surface area (Å²) in [6.07, 6.45) is 14.2. The number of carbonyl (C=O) groups is 2. The van der Waals surface area contributed by atoms with Crippen molar-refractivity contribution in [2.24, 2.45) is 5.92 Å². The van der Waals surface area contributed by atoms with E-state index >= 15 is 0 Å². The number of alkyl carbamates (subject to hydrolysis) is 1. The number of aromatic nitrogens is 4. The number of hydrogen-bond donors (Lipinski definition) is 5. The van der Waals surface area contributed by atoms with Crippen molar-refractivity contribution in [3.63, 3.8) is 0 Å². The lowest BCUT2D eigenvalue weighted by molar-refractivity contribution is 0.0492. The Labute approximate surface area is 303 Å². The quantitative estimate of drug-likeness (QED) is 0.102. The van der Waals surface area contributed by atoms with Gasteiger partial charge in [0.1, 0.15) is 11.2 Å². The molecule has 2 aliphatic rings. The molecule has 5 aromatic rings. The number of anilines is 2. The van der Waals surface area contributed by atoms with Gasteiger partial charge in [-0.15, -0.1) is 0 Å². The molecule has 12 nitrogen and oxygen atoms in total. The zero-order valence-electron chi connectivity index (χ0n) is 30.1. The van der Waals surface area contributed by atoms with Crippen LogP contribution < -0.4 is 21.3 Å². The number of fused-ring (bicyclic) bond motifs is 2. The largest absolute Gasteiger partial charge is 0.444 e. The van der Waals surface area contributed by atoms with Crippen LogP contribution in [-0.4, -0.2) is 69.4 Å². The molecule has 1 saturated carbocycles. The van der Waals surface area contributed by atoms with Gasteiger partial charge in [0.25, 0.3) is 5.91 Å². The Hall–Kier alpha value is -5.23. The summed E-state index contributed by atoms with van der Waals surface area (Å²) >= 11 is 0. The fourth-order valence-corrected chi connectivity index (χ4v) is 7.07. The van der Waals surface area contributed by atoms with Crippen LogP contribution >= 0.6 is 0 Å². The number of aromatic amines is 1. The van der Waals surface area contributed by atoms with Crippen molar-refractivity contribution in [1.29, 1.82) is 0 Å². The van der Waals surface area contributed by atoms with Gasteiger partial charge >= 0.3 is 6.09 Å². The second kappa shape index (κ2) is 15.6. The topological polar surface area (TPSA) is 155 Å². The zero-order chi connectivity index (χ0) is 36.1. The Bertz CT molecular complexity index is 2010. The molecule has 0 radical (unpaired) electrons. The molecule has 2 amide bonds. The smallest absolute Gasteiger partial charge is 0.407 e. The van der Waals surface area contributed by atoms with Crippen molar-refractivity contribution in [2.45, 2.75) is 83.5 Å². The summed E-state index contributed by atoms with van der Waals surface area (Å²) in [7, 11) is 0. The van der Waals surface area contributed by atoms with Gasteiger partial charge in [0, 0.05) is 79.5 Å². The van der Waals surface area contributed by atoms with Gasteiger partial charge in [0.05, 0.1) is 28.7 Å². The van der Waals surface area contributed by atoms with Crippen LogP contribution in [0.4, 0.5) is 16.2 Å². The normalized spacial score (nSPS) is 18.2. The van der Waals surface area contributed by atoms with Gasteiger partial charge in [-0.2, -0.15) is 0 Å². The van der Waals surface area contributed by atoms with Gasteiger partial charge in [0.2, 0.25) is 0 Å². The van der Waals surface area contributed by atoms with E-state index in [1.54, 1.807) is 18.6 Å². The number of H-pyrrole nitrogens is 1. The minimum atomic E-state index is -0.529. The molecule has 1 aliphatic heterocycles. The molecular weight excluding hydrogens is 656 g/mol. The number of benzene rings is 1. The summed E-state index contributed by atoms with van der Waals surface area (Å²) in [5.74, 6) is 0.336. The monoisotopic (exact) mass is 704 g/mol. The average Bonchev–Trinajstić information content (AvgIpc) is 3.57. The molecule has 12 heteroatoms. The molecule has 272 valence electrons. The van der Waals surface area contributed by atoms with Crippen molar-refractivity contribution in [3.8, 4) is 11.1 Å². The Kier molecular flexibility index (Phi) is 10.5. The molecule has 1 aromatic carbocycles. The van der Waals surface area contributed by atoms with E-state index in [-0.39, 0.29) is 24.1 Å². The summed E-state index contributed by atoms with van der Waals surface area (Å²) < 4.78 is 11.1. The predicted molar refractivity (Wildman–Crippen MR) is 203 cm³/mol. The lowest BCUT2D eigenvalue weighted by Crippen LogP contribution is -2.42. The first kappa shape index (κ1) is 35.2. The third-order valence-corrected chi connectivity index (χ3v) is 9.87. The first-order chi connectivity index (χ1) is 25.2. The first-order valence-electron chi connectivity index (χ1n) is 18.3. The maximum atomic E-state index is 13.1. The van der Waals surface area contributed by atoms with Crippen molar-refractivity contribution in [3.05, 3.63) is 78.5 Å². The minimum Gasteiger partial charge on any atom is -0.444 e. The van der Waals surface area contributed by atoms with Gasteiger partial charge in [-0.25, -0.2) is 9.78 Å². The molecule has 5 N–H and O–H groups in total. The van der Waals surface area contributed by atoms with Crippen molar-refractivity contribution in [1.82, 2.24) is 30.6 Å². The maximum Gasteiger partial charge on any atom is 0.407 e. The zero-order valence-corrected chi connectivity index (χ0v) is 30.1. The molecule has 5 heterocycles. The second-order valence-electron chi connectivity index (χ2n) is 14.9. The highest BCUT2D eigenvalue weighted by molar-refractivity contribution is 6.04. The number of carbonyl (C=O) groups excluding carboxylic acids is 2. The highest BCUT2D eigenvalue weighted by Gasteiger charge is 2.26. The van der Waals surface area contributed by atoms with Crippen molar-refractivity contribution < 1.29 is 19.1 Å². The number of hydrogen-bond acceptors (Lipinski definition) is 9. The average molecular weight is 705 g/mol. The van der Waals surface area contributed by atoms with E-state index in [4.69, 9.17) is 14.5 Å². The van der Waals surface area contributed by atoms with Gasteiger partial charge in [-0.1, -0.05) is 12.1 Å². The third kappa shape index (κ3) is 8.62. The van der Waals surface area contributed by atoms with Gasteiger partial charge in [-0.3, -0.25) is 14.8 Å². The Morgan fingerprint density at radius 2 is 1.75 bits per heavy atom. The Morgan fingerprint density at radius 1 is 0.942 bits per heavy atom. The van der Waals surface area contributed by atoms with E-state index in [1.165, 1.54) is 0 Å². The predicted octanol–water partition coefficient (Wildman–Crippen LogP) is 7.19. The number of rotatable bonds is 10. The summed E-state index contributed by atoms with van der Waals surface area (Å²) in [5.41, 5.74) is 6.41. The summed E-state index contributed by atoms with van der Waals surface area (Å²) in [6, 6.07) is 12.3. The number of nitrogens with one attached hydrogen (secondary N) is 5. The highest BCUT2D eigenvalue weighted by Crippen LogP contribution is 2.37. The molecular formula is C40H48N8O4. The molecule has 0 atom stereocenters. The second-order valence-corrected chi connectivity index (χ2v) is 14.9. The van der Waals surface area contributed by atoms with E-state index in [0.29, 0.717) is 23.7 Å². The summed E-state index contributed by atoms with van der Waals surface area (Å²) in [6.45, 7) is 8.45. The Morgan fingerprint density at radius 3 is 2.52 bits per heavy atom. The number of amides is 2. The molecule has 1 saturated heterocycles. The lowest BCUT2D eigenvalue weighted by atomic mass is 9.90. The van der Waals surface area contributed by atoms with Crippen LogP contribution in [0.3, 0.4) is 0 Å². The van der Waals surface area contributed by atoms with Gasteiger partial charge in [0.15, 0.2) is 0 Å². The van der Waals surface area contributed by atoms with Crippen LogP contribution in [0.5, 0.6) is 0 Å². The summed E-state index contributed by atoms with van der Waals surface area (Å²) in [5, 5.41) is 15.5. The molecule has 2 fully saturated rings. The van der Waals surface area contributed by atoms with Crippen LogP contribution in [0.15, 0.2) is 67.4 Å². The molecule has 4 aromatic heterocycles. The molecule has 0 spiro atoms. The fourth-order valence-electron chi connectivity index (χ4n) is 7.07. The van der Waals surface area contributed by atoms with Crippen LogP contribution in [0, 0.1) is 5.92 Å². The number of pyridine rings is 3. The molecule has 7 rings (SSSR count). The minimum absolute atomic E-state index is 0.0811. The van der Waals surface area contributed by atoms with Crippen LogP contribution in [-0.2, 0) is 16.0 Å². The van der Waals surface area contributed by atoms with E-state index in [1.807, 2.05) is 51.4 Å². The first-order valence-corrected chi connectivity index (χ1v) is 18.3. The van der Waals surface area contributed by atoms with E-state index in [2.05, 4.69) is 54.4 Å². The van der Waals surface area contributed by atoms with E-state index in [0.717, 1.165) is 103 Å². The number of nitrogens with zero attached hydrogens (tertiary/aromatic N) is 3. The summed E-state index contributed by atoms with van der Waals surface area (Å²) in [4.78, 5) is 42.5. The maximum absolute atomic E-state index is 13.1. The van der Waals surface area contributed by atoms with Crippen LogP contribution in [0.1, 0.15) is 75.2 Å². The van der Waals surface area contributed by atoms with Gasteiger partial charge in [-0.05, 0) is 101 Å². The van der Waals surface area contributed by atoms with Gasteiger partial charge < -0.3 is 35.7 Å². The van der Waals surface area contributed by atoms with Crippen LogP contribution in [0.2, 0.25) is 0 Å². The van der Waals surface area contributed by atoms with Crippen molar-refractivity contribution in [2.75, 3.05) is 30.4 Å². The SMILES string of the molecule is CC(C)(C)OC(=O)N[C@H]1CC[C@H](Nc2c(NCC3CCOCC3)cnc3ccc(-c4c[nH]c5ncc(C(=O)NCc6cccnc6)cc45)cc23)CC1. The van der Waals surface area contributed by atoms with E-state index in [9.17, 15) is 9.59 Å². The molecule has 1 aliphatic carbocycles. The third-order valence-electron chi connectivity index (χ3n) is 9.87. The lowest BCUT2D eigenvalue weighted by Gasteiger charge is -2.32. The fraction of sp³-hybridized carbons (Fsp3) is 0.425. The Balaban J connectivity index is 1.14. The molecule has 52 heavy (non-hydrogen) atoms. The van der Waals surface area contributed by atoms with Crippen molar-refractivity contribution >= 4 is 45.3 Å². The highest BCUT2D eigenvalue weighted by atomic mass is 16.6. The molecule has 0 bridgehead atoms.